The highest BCUT2D eigenvalue weighted by Crippen LogP contribution is 2.29. The summed E-state index contributed by atoms with van der Waals surface area (Å²) in [5.41, 5.74) is 5.50. The Morgan fingerprint density at radius 2 is 1.70 bits per heavy atom. The van der Waals surface area contributed by atoms with Crippen molar-refractivity contribution in [3.63, 3.8) is 0 Å². The van der Waals surface area contributed by atoms with Crippen molar-refractivity contribution in [2.45, 2.75) is 19.0 Å². The van der Waals surface area contributed by atoms with Crippen LogP contribution in [0.3, 0.4) is 0 Å². The second kappa shape index (κ2) is 8.13. The minimum absolute atomic E-state index is 0.00774. The Morgan fingerprint density at radius 3 is 2.47 bits per heavy atom. The lowest BCUT2D eigenvalue weighted by molar-refractivity contribution is 0.606. The van der Waals surface area contributed by atoms with Crippen LogP contribution >= 0.6 is 11.6 Å². The minimum Gasteiger partial charge on any atom is -0.326 e. The first kappa shape index (κ1) is 18.6. The van der Waals surface area contributed by atoms with Gasteiger partial charge in [-0.25, -0.2) is 9.67 Å². The third kappa shape index (κ3) is 3.72. The lowest BCUT2D eigenvalue weighted by Crippen LogP contribution is -2.11. The molecule has 2 heterocycles. The number of imidazole rings is 1. The minimum atomic E-state index is -0.00774. The van der Waals surface area contributed by atoms with Crippen molar-refractivity contribution in [1.82, 2.24) is 24.5 Å². The van der Waals surface area contributed by atoms with E-state index < -0.39 is 0 Å². The second-order valence-corrected chi connectivity index (χ2v) is 7.70. The van der Waals surface area contributed by atoms with Gasteiger partial charge in [-0.05, 0) is 47.4 Å². The van der Waals surface area contributed by atoms with E-state index in [9.17, 15) is 0 Å². The van der Waals surface area contributed by atoms with Gasteiger partial charge >= 0.3 is 0 Å². The van der Waals surface area contributed by atoms with Gasteiger partial charge in [0.15, 0.2) is 0 Å². The molecule has 148 valence electrons. The molecule has 0 saturated heterocycles. The van der Waals surface area contributed by atoms with Crippen molar-refractivity contribution in [1.29, 1.82) is 0 Å². The zero-order chi connectivity index (χ0) is 20.3. The molecule has 5 rings (SSSR count). The zero-order valence-corrected chi connectivity index (χ0v) is 17.0. The van der Waals surface area contributed by atoms with Crippen LogP contribution in [-0.4, -0.2) is 24.5 Å². The summed E-state index contributed by atoms with van der Waals surface area (Å²) in [5, 5.41) is 9.47. The van der Waals surface area contributed by atoms with E-state index in [1.807, 2.05) is 41.5 Å². The monoisotopic (exact) mass is 413 g/mol. The molecule has 5 aromatic rings. The third-order valence-corrected chi connectivity index (χ3v) is 5.57. The summed E-state index contributed by atoms with van der Waals surface area (Å²) in [6.07, 6.45) is 6.53. The Morgan fingerprint density at radius 1 is 0.900 bits per heavy atom. The lowest BCUT2D eigenvalue weighted by atomic mass is 9.98. The largest absolute Gasteiger partial charge is 0.326 e. The summed E-state index contributed by atoms with van der Waals surface area (Å²) in [7, 11) is 0. The summed E-state index contributed by atoms with van der Waals surface area (Å²) in [6.45, 7) is 0.778. The predicted octanol–water partition coefficient (Wildman–Crippen LogP) is 5.16. The van der Waals surface area contributed by atoms with E-state index in [2.05, 4.69) is 68.4 Å². The maximum atomic E-state index is 6.12. The van der Waals surface area contributed by atoms with Gasteiger partial charge in [-0.15, -0.1) is 5.10 Å². The quantitative estimate of drug-likeness (QED) is 0.386. The van der Waals surface area contributed by atoms with Crippen molar-refractivity contribution < 1.29 is 0 Å². The van der Waals surface area contributed by atoms with E-state index in [1.165, 1.54) is 5.56 Å². The van der Waals surface area contributed by atoms with Crippen LogP contribution in [0, 0.1) is 0 Å². The number of rotatable bonds is 6. The highest BCUT2D eigenvalue weighted by molar-refractivity contribution is 6.30. The van der Waals surface area contributed by atoms with Gasteiger partial charge in [-0.2, -0.15) is 0 Å². The number of nitrogens with zero attached hydrogens (tertiary/aromatic N) is 5. The molecule has 0 saturated carbocycles. The number of halogens is 1. The van der Waals surface area contributed by atoms with Crippen LogP contribution in [-0.2, 0) is 13.0 Å². The van der Waals surface area contributed by atoms with Gasteiger partial charge in [-0.1, -0.05) is 65.3 Å². The number of fused-ring (bicyclic) bond motifs is 1. The van der Waals surface area contributed by atoms with E-state index >= 15 is 0 Å². The van der Waals surface area contributed by atoms with Crippen LogP contribution in [0.25, 0.3) is 11.0 Å². The molecular formula is C24H20ClN5. The fourth-order valence-corrected chi connectivity index (χ4v) is 3.93. The van der Waals surface area contributed by atoms with Gasteiger partial charge in [0.05, 0.1) is 17.9 Å². The molecule has 0 aliphatic rings. The summed E-state index contributed by atoms with van der Waals surface area (Å²) in [6, 6.07) is 24.7. The summed E-state index contributed by atoms with van der Waals surface area (Å²) >= 11 is 6.12. The van der Waals surface area contributed by atoms with Gasteiger partial charge in [0.25, 0.3) is 0 Å². The van der Waals surface area contributed by atoms with E-state index in [0.717, 1.165) is 40.1 Å². The Hall–Kier alpha value is -3.44. The molecule has 0 N–H and O–H groups in total. The van der Waals surface area contributed by atoms with Crippen LogP contribution < -0.4 is 0 Å². The number of aromatic nitrogens is 5. The molecule has 0 amide bonds. The summed E-state index contributed by atoms with van der Waals surface area (Å²) in [5.74, 6) is 0. The molecule has 0 fully saturated rings. The standard InChI is InChI=1S/C24H20ClN5/c25-21-9-6-19(7-10-21)24(29-15-13-26-17-29)20-8-11-22-23(16-20)30(28-27-22)14-12-18-4-2-1-3-5-18/h1-11,13,15-17,24H,12,14H2. The van der Waals surface area contributed by atoms with Crippen LogP contribution in [0.2, 0.25) is 5.02 Å². The first-order valence-corrected chi connectivity index (χ1v) is 10.3. The third-order valence-electron chi connectivity index (χ3n) is 5.32. The molecule has 0 spiro atoms. The molecule has 30 heavy (non-hydrogen) atoms. The Kier molecular flexibility index (Phi) is 5.03. The average molecular weight is 414 g/mol. The maximum absolute atomic E-state index is 6.12. The van der Waals surface area contributed by atoms with E-state index in [4.69, 9.17) is 11.6 Å². The Balaban J connectivity index is 1.52. The predicted molar refractivity (Wildman–Crippen MR) is 119 cm³/mol. The fraction of sp³-hybridized carbons (Fsp3) is 0.125. The molecule has 0 bridgehead atoms. The zero-order valence-electron chi connectivity index (χ0n) is 16.3. The SMILES string of the molecule is Clc1ccc(C(c2ccc3nnn(CCc4ccccc4)c3c2)n2ccnc2)cc1. The summed E-state index contributed by atoms with van der Waals surface area (Å²) < 4.78 is 4.08. The molecule has 0 aliphatic heterocycles. The first-order valence-electron chi connectivity index (χ1n) is 9.88. The smallest absolute Gasteiger partial charge is 0.113 e. The van der Waals surface area contributed by atoms with Crippen molar-refractivity contribution in [2.24, 2.45) is 0 Å². The molecule has 3 aromatic carbocycles. The first-order chi connectivity index (χ1) is 14.8. The van der Waals surface area contributed by atoms with Crippen molar-refractivity contribution in [3.8, 4) is 0 Å². The Labute approximate surface area is 179 Å². The van der Waals surface area contributed by atoms with Crippen LogP contribution in [0.15, 0.2) is 91.5 Å². The molecule has 1 atom stereocenters. The van der Waals surface area contributed by atoms with Gasteiger partial charge in [0, 0.05) is 24.0 Å². The number of hydrogen-bond acceptors (Lipinski definition) is 3. The van der Waals surface area contributed by atoms with Crippen molar-refractivity contribution in [2.75, 3.05) is 0 Å². The maximum Gasteiger partial charge on any atom is 0.113 e. The van der Waals surface area contributed by atoms with E-state index in [1.54, 1.807) is 6.20 Å². The highest BCUT2D eigenvalue weighted by atomic mass is 35.5. The molecule has 2 aromatic heterocycles. The second-order valence-electron chi connectivity index (χ2n) is 7.26. The lowest BCUT2D eigenvalue weighted by Gasteiger charge is -2.20. The molecule has 0 aliphatic carbocycles. The van der Waals surface area contributed by atoms with E-state index in [-0.39, 0.29) is 6.04 Å². The Bertz CT molecular complexity index is 1240. The molecule has 1 unspecified atom stereocenters. The number of hydrogen-bond donors (Lipinski definition) is 0. The van der Waals surface area contributed by atoms with Crippen LogP contribution in [0.5, 0.6) is 0 Å². The summed E-state index contributed by atoms with van der Waals surface area (Å²) in [4.78, 5) is 4.25. The normalized spacial score (nSPS) is 12.3. The van der Waals surface area contributed by atoms with Gasteiger partial charge in [-0.3, -0.25) is 0 Å². The van der Waals surface area contributed by atoms with E-state index in [0.29, 0.717) is 0 Å². The number of benzene rings is 3. The topological polar surface area (TPSA) is 48.5 Å². The van der Waals surface area contributed by atoms with Gasteiger partial charge < -0.3 is 4.57 Å². The molecule has 0 radical (unpaired) electrons. The fourth-order valence-electron chi connectivity index (χ4n) is 3.80. The van der Waals surface area contributed by atoms with Crippen LogP contribution in [0.4, 0.5) is 0 Å². The average Bonchev–Trinajstić information content (AvgIpc) is 3.45. The molecule has 6 heteroatoms. The highest BCUT2D eigenvalue weighted by Gasteiger charge is 2.18. The number of aryl methyl sites for hydroxylation is 2. The van der Waals surface area contributed by atoms with Crippen LogP contribution in [0.1, 0.15) is 22.7 Å². The van der Waals surface area contributed by atoms with Gasteiger partial charge in [0.1, 0.15) is 5.52 Å². The molecule has 5 nitrogen and oxygen atoms in total. The van der Waals surface area contributed by atoms with Crippen molar-refractivity contribution >= 4 is 22.6 Å². The van der Waals surface area contributed by atoms with Crippen molar-refractivity contribution in [3.05, 3.63) is 113 Å². The van der Waals surface area contributed by atoms with Gasteiger partial charge in [0.2, 0.25) is 0 Å². The molecular weight excluding hydrogens is 394 g/mol.